The number of hydrogen-bond acceptors (Lipinski definition) is 3. The molecule has 0 aromatic carbocycles. The van der Waals surface area contributed by atoms with Crippen molar-refractivity contribution in [2.24, 2.45) is 0 Å². The minimum atomic E-state index is 0. The molecule has 1 N–H and O–H groups in total. The maximum atomic E-state index is 3.38. The molecule has 0 fully saturated rings. The molecule has 0 bridgehead atoms. The van der Waals surface area contributed by atoms with Gasteiger partial charge in [0.2, 0.25) is 0 Å². The zero-order chi connectivity index (χ0) is 3.54. The van der Waals surface area contributed by atoms with Crippen LogP contribution in [0.5, 0.6) is 0 Å². The van der Waals surface area contributed by atoms with Crippen molar-refractivity contribution in [1.29, 1.82) is 0 Å². The third-order valence-electron chi connectivity index (χ3n) is 0.270. The van der Waals surface area contributed by atoms with E-state index in [0.29, 0.717) is 0 Å². The summed E-state index contributed by atoms with van der Waals surface area (Å²) in [6.45, 7) is 0. The third kappa shape index (κ3) is 2.32. The zero-order valence-corrected chi connectivity index (χ0v) is 9.70. The van der Waals surface area contributed by atoms with Crippen molar-refractivity contribution in [2.45, 2.75) is 0 Å². The molecule has 1 heterocycles. The maximum absolute atomic E-state index is 3.38. The summed E-state index contributed by atoms with van der Waals surface area (Å²) in [6, 6.07) is 0. The number of aromatic amines is 1. The topological polar surface area (TPSA) is 54.5 Å². The van der Waals surface area contributed by atoms with E-state index in [-0.39, 0.29) is 68.9 Å². The monoisotopic (exact) mass is 203 g/mol. The van der Waals surface area contributed by atoms with E-state index in [0.717, 1.165) is 0 Å². The van der Waals surface area contributed by atoms with Crippen molar-refractivity contribution in [1.82, 2.24) is 20.6 Å². The molecule has 1 aromatic rings. The molecule has 6 heavy (non-hydrogen) atoms. The van der Waals surface area contributed by atoms with E-state index in [2.05, 4.69) is 20.6 Å². The van der Waals surface area contributed by atoms with Gasteiger partial charge in [0.15, 0.2) is 6.33 Å². The number of rotatable bonds is 0. The Morgan fingerprint density at radius 3 is 2.50 bits per heavy atom. The van der Waals surface area contributed by atoms with Crippen LogP contribution in [-0.2, 0) is 0 Å². The van der Waals surface area contributed by atoms with Gasteiger partial charge in [-0.3, -0.25) is 0 Å². The predicted octanol–water partition coefficient (Wildman–Crippen LogP) is -3.80. The fourth-order valence-electron chi connectivity index (χ4n) is 0.129. The Balaban J connectivity index is 0.000000250. The van der Waals surface area contributed by atoms with E-state index in [1.807, 2.05) is 0 Å². The van der Waals surface area contributed by atoms with Crippen LogP contribution in [0.3, 0.4) is 0 Å². The first kappa shape index (κ1) is 7.12. The van der Waals surface area contributed by atoms with Gasteiger partial charge in [0.25, 0.3) is 0 Å². The Kier molecular flexibility index (Phi) is 5.09. The molecule has 0 aliphatic heterocycles. The molecule has 0 saturated carbocycles. The van der Waals surface area contributed by atoms with E-state index in [1.54, 1.807) is 0 Å². The van der Waals surface area contributed by atoms with Gasteiger partial charge in [-0.05, 0) is 0 Å². The van der Waals surface area contributed by atoms with E-state index >= 15 is 0 Å². The molecular formula is CH2CsN4+. The average Bonchev–Trinajstić information content (AvgIpc) is 1.76. The second kappa shape index (κ2) is 4.29. The van der Waals surface area contributed by atoms with Gasteiger partial charge in [0.05, 0.1) is 0 Å². The fraction of sp³-hybridized carbons (Fsp3) is 0. The van der Waals surface area contributed by atoms with Gasteiger partial charge >= 0.3 is 68.9 Å². The number of nitrogens with one attached hydrogen (secondary N) is 1. The molecule has 0 unspecified atom stereocenters. The molecule has 0 aliphatic rings. The van der Waals surface area contributed by atoms with Crippen LogP contribution in [0.25, 0.3) is 0 Å². The zero-order valence-electron chi connectivity index (χ0n) is 3.42. The molecule has 0 radical (unpaired) electrons. The Morgan fingerprint density at radius 1 is 1.50 bits per heavy atom. The number of H-pyrrole nitrogens is 1. The first-order valence-electron chi connectivity index (χ1n) is 1.16. The number of tetrazole rings is 1. The molecule has 0 aliphatic carbocycles. The van der Waals surface area contributed by atoms with Crippen LogP contribution in [0, 0.1) is 0 Å². The van der Waals surface area contributed by atoms with Gasteiger partial charge in [-0.2, -0.15) is 5.21 Å². The normalized spacial score (nSPS) is 6.67. The van der Waals surface area contributed by atoms with Crippen LogP contribution in [0.1, 0.15) is 0 Å². The first-order chi connectivity index (χ1) is 2.50. The van der Waals surface area contributed by atoms with Crippen LogP contribution in [-0.4, -0.2) is 20.6 Å². The Labute approximate surface area is 93.5 Å². The van der Waals surface area contributed by atoms with Gasteiger partial charge in [0.1, 0.15) is 0 Å². The van der Waals surface area contributed by atoms with Crippen molar-refractivity contribution in [2.75, 3.05) is 0 Å². The summed E-state index contributed by atoms with van der Waals surface area (Å²) in [6.07, 6.45) is 1.33. The van der Waals surface area contributed by atoms with E-state index in [4.69, 9.17) is 0 Å². The van der Waals surface area contributed by atoms with Crippen molar-refractivity contribution in [3.05, 3.63) is 6.33 Å². The summed E-state index contributed by atoms with van der Waals surface area (Å²) in [7, 11) is 0. The molecule has 0 spiro atoms. The van der Waals surface area contributed by atoms with Crippen molar-refractivity contribution in [3.8, 4) is 0 Å². The molecular weight excluding hydrogens is 201 g/mol. The largest absolute Gasteiger partial charge is 1.00 e. The van der Waals surface area contributed by atoms with E-state index in [9.17, 15) is 0 Å². The van der Waals surface area contributed by atoms with Crippen molar-refractivity contribution >= 4 is 0 Å². The summed E-state index contributed by atoms with van der Waals surface area (Å²) in [4.78, 5) is 0. The summed E-state index contributed by atoms with van der Waals surface area (Å²) in [5, 5.41) is 12.2. The summed E-state index contributed by atoms with van der Waals surface area (Å²) in [5.74, 6) is 0. The molecule has 5 heteroatoms. The molecule has 0 saturated heterocycles. The molecule has 0 atom stereocenters. The number of hydrogen-bond donors (Lipinski definition) is 1. The van der Waals surface area contributed by atoms with Crippen LogP contribution >= 0.6 is 0 Å². The van der Waals surface area contributed by atoms with E-state index < -0.39 is 0 Å². The third-order valence-corrected chi connectivity index (χ3v) is 0.270. The van der Waals surface area contributed by atoms with Crippen LogP contribution < -0.4 is 68.9 Å². The second-order valence-corrected chi connectivity index (χ2v) is 0.560. The smallest absolute Gasteiger partial charge is 0.177 e. The second-order valence-electron chi connectivity index (χ2n) is 0.560. The van der Waals surface area contributed by atoms with Crippen molar-refractivity contribution < 1.29 is 68.9 Å². The molecule has 26 valence electrons. The number of aromatic nitrogens is 4. The minimum absolute atomic E-state index is 0. The van der Waals surface area contributed by atoms with Crippen molar-refractivity contribution in [3.63, 3.8) is 0 Å². The van der Waals surface area contributed by atoms with Gasteiger partial charge in [-0.15, -0.1) is 10.2 Å². The SMILES string of the molecule is [Cs+].c1nn[nH]n1. The fourth-order valence-corrected chi connectivity index (χ4v) is 0.129. The number of nitrogens with zero attached hydrogens (tertiary/aromatic N) is 3. The van der Waals surface area contributed by atoms with E-state index in [1.165, 1.54) is 6.33 Å². The molecule has 1 aromatic heterocycles. The molecule has 0 amide bonds. The standard InChI is InChI=1S/CH2N4.Cs/c1-2-4-5-3-1;/h1H,(H,2,3,4,5);/q;+1. The summed E-state index contributed by atoms with van der Waals surface area (Å²) < 4.78 is 0. The average molecular weight is 203 g/mol. The maximum Gasteiger partial charge on any atom is 1.00 e. The summed E-state index contributed by atoms with van der Waals surface area (Å²) in [5.41, 5.74) is 0. The Morgan fingerprint density at radius 2 is 2.33 bits per heavy atom. The van der Waals surface area contributed by atoms with Gasteiger partial charge in [0, 0.05) is 0 Å². The first-order valence-corrected chi connectivity index (χ1v) is 1.16. The Hall–Kier alpha value is 1.12. The van der Waals surface area contributed by atoms with Crippen LogP contribution in [0.4, 0.5) is 0 Å². The minimum Gasteiger partial charge on any atom is -0.177 e. The predicted molar refractivity (Wildman–Crippen MR) is 14.2 cm³/mol. The van der Waals surface area contributed by atoms with Crippen LogP contribution in [0.2, 0.25) is 0 Å². The van der Waals surface area contributed by atoms with Gasteiger partial charge in [-0.25, -0.2) is 0 Å². The van der Waals surface area contributed by atoms with Gasteiger partial charge < -0.3 is 0 Å². The van der Waals surface area contributed by atoms with Gasteiger partial charge in [-0.1, -0.05) is 5.21 Å². The molecule has 1 rings (SSSR count). The van der Waals surface area contributed by atoms with Crippen LogP contribution in [0.15, 0.2) is 6.33 Å². The molecule has 4 nitrogen and oxygen atoms in total. The quantitative estimate of drug-likeness (QED) is 0.470. The summed E-state index contributed by atoms with van der Waals surface area (Å²) >= 11 is 0. The Bertz CT molecular complexity index is 64.0.